The lowest BCUT2D eigenvalue weighted by atomic mass is 9.86. The van der Waals surface area contributed by atoms with Gasteiger partial charge < -0.3 is 0 Å². The summed E-state index contributed by atoms with van der Waals surface area (Å²) in [5.41, 5.74) is 1.68. The Morgan fingerprint density at radius 1 is 0.658 bits per heavy atom. The van der Waals surface area contributed by atoms with E-state index in [0.29, 0.717) is 45.0 Å². The first-order valence-corrected chi connectivity index (χ1v) is 12.6. The van der Waals surface area contributed by atoms with Crippen molar-refractivity contribution in [2.24, 2.45) is 0 Å². The van der Waals surface area contributed by atoms with Crippen LogP contribution in [0.3, 0.4) is 0 Å². The second-order valence-corrected chi connectivity index (χ2v) is 11.6. The number of nitrogens with zero attached hydrogens (tertiary/aromatic N) is 3. The van der Waals surface area contributed by atoms with Crippen LogP contribution in [0.25, 0.3) is 21.7 Å². The Morgan fingerprint density at radius 3 is 2.03 bits per heavy atom. The number of imide groups is 2. The van der Waals surface area contributed by atoms with Gasteiger partial charge in [-0.05, 0) is 81.6 Å². The third-order valence-corrected chi connectivity index (χ3v) is 7.54. The van der Waals surface area contributed by atoms with Crippen LogP contribution in [0.5, 0.6) is 0 Å². The van der Waals surface area contributed by atoms with Crippen LogP contribution in [0, 0.1) is 0 Å². The molecule has 3 aromatic carbocycles. The minimum Gasteiger partial charge on any atom is -0.269 e. The molecule has 0 unspecified atom stereocenters. The summed E-state index contributed by atoms with van der Waals surface area (Å²) in [7, 11) is 0. The van der Waals surface area contributed by atoms with Crippen molar-refractivity contribution < 1.29 is 19.2 Å². The lowest BCUT2D eigenvalue weighted by Gasteiger charge is -2.40. The molecule has 7 heteroatoms. The molecule has 0 bridgehead atoms. The van der Waals surface area contributed by atoms with Crippen LogP contribution >= 0.6 is 0 Å². The molecule has 2 aliphatic heterocycles. The molecule has 1 aromatic heterocycles. The van der Waals surface area contributed by atoms with Gasteiger partial charge in [0.15, 0.2) is 0 Å². The fourth-order valence-corrected chi connectivity index (χ4v) is 5.91. The predicted molar refractivity (Wildman–Crippen MR) is 144 cm³/mol. The van der Waals surface area contributed by atoms with E-state index in [1.807, 2.05) is 58.9 Å². The molecule has 0 N–H and O–H groups in total. The van der Waals surface area contributed by atoms with Crippen molar-refractivity contribution >= 4 is 45.3 Å². The average Bonchev–Trinajstić information content (AvgIpc) is 3.12. The number of fused-ring (bicyclic) bond motifs is 3. The number of pyridine rings is 1. The second kappa shape index (κ2) is 7.81. The van der Waals surface area contributed by atoms with Crippen molar-refractivity contribution in [2.45, 2.75) is 52.1 Å². The number of hydrogen-bond donors (Lipinski definition) is 0. The fourth-order valence-electron chi connectivity index (χ4n) is 5.91. The lowest BCUT2D eigenvalue weighted by molar-refractivity contribution is 0.0430. The Labute approximate surface area is 220 Å². The smallest absolute Gasteiger partial charge is 0.262 e. The largest absolute Gasteiger partial charge is 0.269 e. The minimum absolute atomic E-state index is 0.294. The molecule has 2 aliphatic rings. The molecule has 4 amide bonds. The van der Waals surface area contributed by atoms with Crippen molar-refractivity contribution in [3.05, 3.63) is 88.6 Å². The highest BCUT2D eigenvalue weighted by Gasteiger charge is 2.44. The van der Waals surface area contributed by atoms with Crippen LogP contribution < -0.4 is 0 Å². The summed E-state index contributed by atoms with van der Waals surface area (Å²) in [5, 5.41) is 2.10. The standard InChI is InChI=1S/C31H27N3O4/c1-30(2,3)33-26(35)21-13-12-18-17(8-6-9-19(18)25(21)29(33)38)16-31(4,5)34-27(36)20-10-7-11-23-24(20)22(28(34)37)14-15-32-23/h6-15H,16H2,1-5H3. The second-order valence-electron chi connectivity index (χ2n) is 11.6. The first kappa shape index (κ1) is 24.0. The van der Waals surface area contributed by atoms with Crippen LogP contribution in [0.4, 0.5) is 0 Å². The van der Waals surface area contributed by atoms with Crippen LogP contribution in [-0.4, -0.2) is 49.5 Å². The Morgan fingerprint density at radius 2 is 1.32 bits per heavy atom. The molecule has 0 spiro atoms. The minimum atomic E-state index is -0.887. The van der Waals surface area contributed by atoms with E-state index in [0.717, 1.165) is 10.9 Å². The molecule has 190 valence electrons. The van der Waals surface area contributed by atoms with Gasteiger partial charge in [0, 0.05) is 22.7 Å². The van der Waals surface area contributed by atoms with Gasteiger partial charge in [-0.25, -0.2) is 0 Å². The van der Waals surface area contributed by atoms with Crippen molar-refractivity contribution in [1.82, 2.24) is 14.8 Å². The molecule has 38 heavy (non-hydrogen) atoms. The molecule has 0 aliphatic carbocycles. The highest BCUT2D eigenvalue weighted by Crippen LogP contribution is 2.38. The zero-order chi connectivity index (χ0) is 27.1. The van der Waals surface area contributed by atoms with Gasteiger partial charge in [0.25, 0.3) is 23.6 Å². The maximum absolute atomic E-state index is 13.7. The molecular formula is C31H27N3O4. The van der Waals surface area contributed by atoms with E-state index in [9.17, 15) is 19.2 Å². The predicted octanol–water partition coefficient (Wildman–Crippen LogP) is 5.40. The molecule has 0 radical (unpaired) electrons. The zero-order valence-electron chi connectivity index (χ0n) is 22.0. The van der Waals surface area contributed by atoms with Gasteiger partial charge in [-0.1, -0.05) is 30.3 Å². The van der Waals surface area contributed by atoms with Gasteiger partial charge in [-0.15, -0.1) is 0 Å². The zero-order valence-corrected chi connectivity index (χ0v) is 22.0. The van der Waals surface area contributed by atoms with E-state index in [1.54, 1.807) is 36.5 Å². The summed E-state index contributed by atoms with van der Waals surface area (Å²) in [6, 6.07) is 16.2. The molecule has 0 saturated heterocycles. The summed E-state index contributed by atoms with van der Waals surface area (Å²) >= 11 is 0. The third kappa shape index (κ3) is 3.24. The summed E-state index contributed by atoms with van der Waals surface area (Å²) < 4.78 is 0. The Bertz CT molecular complexity index is 1700. The first-order valence-electron chi connectivity index (χ1n) is 12.6. The normalized spacial score (nSPS) is 15.7. The molecule has 0 atom stereocenters. The number of aromatic nitrogens is 1. The van der Waals surface area contributed by atoms with Crippen LogP contribution in [0.2, 0.25) is 0 Å². The highest BCUT2D eigenvalue weighted by molar-refractivity contribution is 6.27. The summed E-state index contributed by atoms with van der Waals surface area (Å²) in [6.07, 6.45) is 1.95. The Kier molecular flexibility index (Phi) is 4.92. The maximum atomic E-state index is 13.7. The molecule has 3 heterocycles. The summed E-state index contributed by atoms with van der Waals surface area (Å²) in [5.74, 6) is -1.31. The number of benzene rings is 3. The maximum Gasteiger partial charge on any atom is 0.262 e. The number of hydrogen-bond acceptors (Lipinski definition) is 5. The van der Waals surface area contributed by atoms with E-state index in [2.05, 4.69) is 4.98 Å². The van der Waals surface area contributed by atoms with Crippen molar-refractivity contribution in [3.63, 3.8) is 0 Å². The van der Waals surface area contributed by atoms with E-state index < -0.39 is 11.1 Å². The van der Waals surface area contributed by atoms with E-state index >= 15 is 0 Å². The highest BCUT2D eigenvalue weighted by atomic mass is 16.2. The number of carbonyl (C=O) groups is 4. The Hall–Kier alpha value is -4.39. The van der Waals surface area contributed by atoms with Crippen molar-refractivity contribution in [1.29, 1.82) is 0 Å². The molecule has 7 nitrogen and oxygen atoms in total. The molecule has 6 rings (SSSR count). The summed E-state index contributed by atoms with van der Waals surface area (Å²) in [6.45, 7) is 9.26. The topological polar surface area (TPSA) is 87.7 Å². The molecule has 0 saturated carbocycles. The van der Waals surface area contributed by atoms with Crippen LogP contribution in [0.1, 0.15) is 81.6 Å². The van der Waals surface area contributed by atoms with Crippen LogP contribution in [-0.2, 0) is 6.42 Å². The molecular weight excluding hydrogens is 478 g/mol. The number of amides is 4. The number of rotatable bonds is 3. The summed E-state index contributed by atoms with van der Waals surface area (Å²) in [4.78, 5) is 60.8. The van der Waals surface area contributed by atoms with Crippen molar-refractivity contribution in [3.8, 4) is 0 Å². The fraction of sp³-hybridized carbons (Fsp3) is 0.258. The monoisotopic (exact) mass is 505 g/mol. The SMILES string of the molecule is CC(C)(C)N1C(=O)c2ccc3c(CC(C)(C)N4C(=O)c5cccc6nccc(c56)C4=O)cccc3c2C1=O. The van der Waals surface area contributed by atoms with Gasteiger partial charge >= 0.3 is 0 Å². The number of carbonyl (C=O) groups excluding carboxylic acids is 4. The van der Waals surface area contributed by atoms with E-state index in [-0.39, 0.29) is 23.6 Å². The van der Waals surface area contributed by atoms with Gasteiger partial charge in [0.05, 0.1) is 27.8 Å². The first-order chi connectivity index (χ1) is 17.9. The van der Waals surface area contributed by atoms with E-state index in [1.165, 1.54) is 9.80 Å². The Balaban J connectivity index is 1.43. The quantitative estimate of drug-likeness (QED) is 0.348. The van der Waals surface area contributed by atoms with Gasteiger partial charge in [0.1, 0.15) is 0 Å². The van der Waals surface area contributed by atoms with Gasteiger partial charge in [0.2, 0.25) is 0 Å². The van der Waals surface area contributed by atoms with Crippen molar-refractivity contribution in [2.75, 3.05) is 0 Å². The third-order valence-electron chi connectivity index (χ3n) is 7.54. The van der Waals surface area contributed by atoms with Gasteiger partial charge in [-0.2, -0.15) is 0 Å². The molecule has 4 aromatic rings. The van der Waals surface area contributed by atoms with E-state index in [4.69, 9.17) is 0 Å². The molecule has 0 fully saturated rings. The average molecular weight is 506 g/mol. The lowest BCUT2D eigenvalue weighted by Crippen LogP contribution is -2.54. The van der Waals surface area contributed by atoms with Crippen LogP contribution in [0.15, 0.2) is 60.8 Å². The van der Waals surface area contributed by atoms with Gasteiger partial charge in [-0.3, -0.25) is 34.0 Å².